The zero-order chi connectivity index (χ0) is 28.1. The first-order chi connectivity index (χ1) is 20.7. The first kappa shape index (κ1) is 26.9. The minimum absolute atomic E-state index is 0.143. The number of nitrogens with zero attached hydrogens (tertiary/aromatic N) is 1. The van der Waals surface area contributed by atoms with Gasteiger partial charge in [0.15, 0.2) is 5.90 Å². The van der Waals surface area contributed by atoms with Gasteiger partial charge >= 0.3 is 0 Å². The Morgan fingerprint density at radius 2 is 1.19 bits per heavy atom. The maximum atomic E-state index is 6.51. The smallest absolute Gasteiger partial charge is 0.197 e. The number of para-hydroxylation sites is 1. The summed E-state index contributed by atoms with van der Waals surface area (Å²) in [5.41, 5.74) is 3.84. The van der Waals surface area contributed by atoms with Crippen LogP contribution in [0.4, 0.5) is 5.69 Å². The van der Waals surface area contributed by atoms with Crippen LogP contribution in [-0.2, 0) is 12.8 Å². The van der Waals surface area contributed by atoms with Crippen molar-refractivity contribution in [3.05, 3.63) is 145 Å². The van der Waals surface area contributed by atoms with Crippen molar-refractivity contribution in [1.29, 1.82) is 0 Å². The number of ether oxygens (including phenoxy) is 1. The number of benzene rings is 6. The molecule has 42 heavy (non-hydrogen) atoms. The zero-order valence-corrected chi connectivity index (χ0v) is 24.9. The van der Waals surface area contributed by atoms with Crippen LogP contribution in [0, 0.1) is 0 Å². The number of thioether (sulfide) groups is 2. The number of hydrogen-bond acceptors (Lipinski definition) is 4. The molecule has 0 heterocycles. The van der Waals surface area contributed by atoms with Crippen molar-refractivity contribution in [2.24, 2.45) is 4.99 Å². The zero-order valence-electron chi connectivity index (χ0n) is 23.3. The molecular weight excluding hydrogens is 551 g/mol. The summed E-state index contributed by atoms with van der Waals surface area (Å²) in [7, 11) is 0. The van der Waals surface area contributed by atoms with Gasteiger partial charge in [-0.1, -0.05) is 84.9 Å². The molecule has 2 nitrogen and oxygen atoms in total. The number of aliphatic imine (C=N–C) groups is 1. The fraction of sp³-hybridized carbons (Fsp3) is 0.132. The number of fused-ring (bicyclic) bond motifs is 3. The molecule has 0 fully saturated rings. The molecule has 1 aliphatic rings. The van der Waals surface area contributed by atoms with E-state index >= 15 is 0 Å². The second kappa shape index (κ2) is 12.5. The van der Waals surface area contributed by atoms with Crippen LogP contribution in [0.3, 0.4) is 0 Å². The quantitative estimate of drug-likeness (QED) is 0.0772. The predicted octanol–water partition coefficient (Wildman–Crippen LogP) is 10.9. The lowest BCUT2D eigenvalue weighted by atomic mass is 10.1. The molecule has 0 amide bonds. The number of aryl methyl sites for hydroxylation is 2. The van der Waals surface area contributed by atoms with Gasteiger partial charge in [0.2, 0.25) is 0 Å². The third kappa shape index (κ3) is 6.41. The largest absolute Gasteiger partial charge is 0.443 e. The first-order valence-corrected chi connectivity index (χ1v) is 16.2. The molecule has 0 N–H and O–H groups in total. The second-order valence-corrected chi connectivity index (χ2v) is 13.5. The van der Waals surface area contributed by atoms with Gasteiger partial charge in [0.1, 0.15) is 5.75 Å². The molecule has 206 valence electrons. The summed E-state index contributed by atoms with van der Waals surface area (Å²) in [6.07, 6.45) is 4.19. The van der Waals surface area contributed by atoms with Crippen LogP contribution in [0.15, 0.2) is 148 Å². The second-order valence-electron chi connectivity index (χ2n) is 10.6. The number of hydrogen-bond donors (Lipinski definition) is 0. The van der Waals surface area contributed by atoms with Crippen molar-refractivity contribution in [2.45, 2.75) is 40.1 Å². The SMILES string of the molecule is c1ccc(OC(CC(Sc2ccc3ccccc3c2)Sc2ccc3ccccc3c2)=Nc2ccc3c(c2)CCC3)cc1. The molecule has 6 aromatic rings. The third-order valence-electron chi connectivity index (χ3n) is 7.63. The molecular formula is C38H31NOS2. The van der Waals surface area contributed by atoms with Gasteiger partial charge < -0.3 is 4.74 Å². The summed E-state index contributed by atoms with van der Waals surface area (Å²) >= 11 is 3.75. The highest BCUT2D eigenvalue weighted by Gasteiger charge is 2.19. The van der Waals surface area contributed by atoms with Gasteiger partial charge in [-0.2, -0.15) is 0 Å². The van der Waals surface area contributed by atoms with Crippen LogP contribution in [0.5, 0.6) is 5.75 Å². The van der Waals surface area contributed by atoms with Crippen LogP contribution in [0.2, 0.25) is 0 Å². The Morgan fingerprint density at radius 3 is 1.86 bits per heavy atom. The summed E-state index contributed by atoms with van der Waals surface area (Å²) in [6, 6.07) is 47.2. The van der Waals surface area contributed by atoms with Crippen molar-refractivity contribution in [2.75, 3.05) is 0 Å². The monoisotopic (exact) mass is 581 g/mol. The Morgan fingerprint density at radius 1 is 0.595 bits per heavy atom. The highest BCUT2D eigenvalue weighted by Crippen LogP contribution is 2.40. The van der Waals surface area contributed by atoms with Crippen LogP contribution in [0.1, 0.15) is 24.0 Å². The molecule has 7 rings (SSSR count). The standard InChI is InChI=1S/C38H31NOS2/c1-2-15-34(16-3-1)40-37(39-33-20-17-29-13-8-14-30(29)23-33)26-38(41-35-21-18-27-9-4-6-11-31(27)24-35)42-36-22-19-28-10-5-7-12-32(28)25-36/h1-7,9-12,15-25,38H,8,13-14,26H2. The maximum absolute atomic E-state index is 6.51. The minimum Gasteiger partial charge on any atom is -0.443 e. The van der Waals surface area contributed by atoms with Gasteiger partial charge in [-0.25, -0.2) is 4.99 Å². The summed E-state index contributed by atoms with van der Waals surface area (Å²) in [5.74, 6) is 1.54. The van der Waals surface area contributed by atoms with Gasteiger partial charge in [-0.05, 0) is 100 Å². The molecule has 1 aliphatic carbocycles. The Bertz CT molecular complexity index is 1800. The molecule has 0 atom stereocenters. The van der Waals surface area contributed by atoms with Crippen molar-refractivity contribution in [3.8, 4) is 5.75 Å². The lowest BCUT2D eigenvalue weighted by Gasteiger charge is -2.19. The van der Waals surface area contributed by atoms with E-state index in [1.807, 2.05) is 53.9 Å². The molecule has 0 saturated carbocycles. The molecule has 4 heteroatoms. The average molecular weight is 582 g/mol. The highest BCUT2D eigenvalue weighted by molar-refractivity contribution is 8.17. The van der Waals surface area contributed by atoms with Crippen LogP contribution >= 0.6 is 23.5 Å². The van der Waals surface area contributed by atoms with E-state index in [2.05, 4.69) is 103 Å². The van der Waals surface area contributed by atoms with E-state index < -0.39 is 0 Å². The predicted molar refractivity (Wildman–Crippen MR) is 181 cm³/mol. The molecule has 0 saturated heterocycles. The number of rotatable bonds is 8. The van der Waals surface area contributed by atoms with Gasteiger partial charge in [0.25, 0.3) is 0 Å². The summed E-state index contributed by atoms with van der Waals surface area (Å²) in [4.78, 5) is 7.60. The normalized spacial score (nSPS) is 13.1. The van der Waals surface area contributed by atoms with E-state index in [1.165, 1.54) is 55.3 Å². The fourth-order valence-electron chi connectivity index (χ4n) is 5.54. The Hall–Kier alpha value is -3.99. The lowest BCUT2D eigenvalue weighted by molar-refractivity contribution is 0.535. The summed E-state index contributed by atoms with van der Waals surface area (Å²) < 4.78 is 6.65. The van der Waals surface area contributed by atoms with Crippen molar-refractivity contribution < 1.29 is 4.74 Å². The van der Waals surface area contributed by atoms with E-state index in [9.17, 15) is 0 Å². The Labute approximate surface area is 255 Å². The first-order valence-electron chi connectivity index (χ1n) is 14.5. The topological polar surface area (TPSA) is 21.6 Å². The van der Waals surface area contributed by atoms with Gasteiger partial charge in [-0.15, -0.1) is 23.5 Å². The van der Waals surface area contributed by atoms with E-state index in [4.69, 9.17) is 9.73 Å². The van der Waals surface area contributed by atoms with Gasteiger partial charge in [0, 0.05) is 16.2 Å². The van der Waals surface area contributed by atoms with E-state index in [0.717, 1.165) is 23.8 Å². The van der Waals surface area contributed by atoms with Gasteiger partial charge in [-0.3, -0.25) is 0 Å². The molecule has 0 unspecified atom stereocenters. The van der Waals surface area contributed by atoms with E-state index in [-0.39, 0.29) is 4.58 Å². The molecule has 6 aromatic carbocycles. The van der Waals surface area contributed by atoms with Crippen molar-refractivity contribution in [3.63, 3.8) is 0 Å². The van der Waals surface area contributed by atoms with E-state index in [0.29, 0.717) is 6.42 Å². The van der Waals surface area contributed by atoms with Gasteiger partial charge in [0.05, 0.1) is 10.3 Å². The molecule has 0 bridgehead atoms. The van der Waals surface area contributed by atoms with E-state index in [1.54, 1.807) is 0 Å². The molecule has 0 aromatic heterocycles. The lowest BCUT2D eigenvalue weighted by Crippen LogP contribution is -2.14. The Balaban J connectivity index is 1.24. The third-order valence-corrected chi connectivity index (χ3v) is 10.1. The van der Waals surface area contributed by atoms with Crippen LogP contribution < -0.4 is 4.74 Å². The van der Waals surface area contributed by atoms with Crippen molar-refractivity contribution in [1.82, 2.24) is 0 Å². The fourth-order valence-corrected chi connectivity index (χ4v) is 8.14. The van der Waals surface area contributed by atoms with Crippen LogP contribution in [0.25, 0.3) is 21.5 Å². The Kier molecular flexibility index (Phi) is 7.99. The minimum atomic E-state index is 0.143. The maximum Gasteiger partial charge on any atom is 0.197 e. The summed E-state index contributed by atoms with van der Waals surface area (Å²) in [6.45, 7) is 0. The summed E-state index contributed by atoms with van der Waals surface area (Å²) in [5, 5.41) is 5.02. The average Bonchev–Trinajstić information content (AvgIpc) is 3.49. The highest BCUT2D eigenvalue weighted by atomic mass is 32.2. The van der Waals surface area contributed by atoms with Crippen LogP contribution in [-0.4, -0.2) is 10.5 Å². The van der Waals surface area contributed by atoms with Crippen molar-refractivity contribution >= 4 is 56.7 Å². The molecule has 0 aliphatic heterocycles. The molecule has 0 radical (unpaired) electrons. The molecule has 0 spiro atoms.